The summed E-state index contributed by atoms with van der Waals surface area (Å²) < 4.78 is 7.03. The zero-order chi connectivity index (χ0) is 13.0. The zero-order valence-electron chi connectivity index (χ0n) is 10.5. The second-order valence-corrected chi connectivity index (χ2v) is 6.95. The Hall–Kier alpha value is 0.200. The Morgan fingerprint density at radius 2 is 2.17 bits per heavy atom. The summed E-state index contributed by atoms with van der Waals surface area (Å²) in [5.41, 5.74) is 1.16. The van der Waals surface area contributed by atoms with Crippen LogP contribution in [0.3, 0.4) is 0 Å². The third kappa shape index (κ3) is 3.61. The van der Waals surface area contributed by atoms with Crippen molar-refractivity contribution in [2.24, 2.45) is 5.92 Å². The Morgan fingerprint density at radius 3 is 2.72 bits per heavy atom. The van der Waals surface area contributed by atoms with Crippen LogP contribution in [-0.4, -0.2) is 19.8 Å². The number of thiophene rings is 1. The molecule has 102 valence electrons. The van der Waals surface area contributed by atoms with Gasteiger partial charge in [0.2, 0.25) is 0 Å². The first kappa shape index (κ1) is 14.6. The molecule has 0 aliphatic carbocycles. The minimum atomic E-state index is 0.310. The first-order valence-corrected chi connectivity index (χ1v) is 8.05. The fraction of sp³-hybridized carbons (Fsp3) is 0.692. The molecule has 1 N–H and O–H groups in total. The van der Waals surface area contributed by atoms with Gasteiger partial charge in [0.05, 0.1) is 8.67 Å². The molecule has 0 aromatic carbocycles. The van der Waals surface area contributed by atoms with Crippen LogP contribution >= 0.6 is 34.5 Å². The Balaban J connectivity index is 2.15. The predicted octanol–water partition coefficient (Wildman–Crippen LogP) is 4.52. The standard InChI is InChI=1S/C13H19Cl2NOS/c1-2-5-16-12(9-3-6-17-7-4-9)10-8-11(14)18-13(10)15/h8-9,12,16H,2-7H2,1H3. The molecule has 1 aliphatic rings. The fourth-order valence-electron chi connectivity index (χ4n) is 2.44. The van der Waals surface area contributed by atoms with Crippen LogP contribution in [0.1, 0.15) is 37.8 Å². The average Bonchev–Trinajstić information content (AvgIpc) is 2.70. The molecule has 1 fully saturated rings. The highest BCUT2D eigenvalue weighted by Gasteiger charge is 2.27. The van der Waals surface area contributed by atoms with Gasteiger partial charge >= 0.3 is 0 Å². The van der Waals surface area contributed by atoms with Crippen molar-refractivity contribution < 1.29 is 4.74 Å². The van der Waals surface area contributed by atoms with Crippen molar-refractivity contribution in [3.05, 3.63) is 20.3 Å². The summed E-state index contributed by atoms with van der Waals surface area (Å²) in [5.74, 6) is 0.591. The van der Waals surface area contributed by atoms with Crippen LogP contribution in [0, 0.1) is 5.92 Å². The molecular formula is C13H19Cl2NOS. The largest absolute Gasteiger partial charge is 0.381 e. The Kier molecular flexibility index (Phi) is 5.77. The Labute approximate surface area is 123 Å². The smallest absolute Gasteiger partial charge is 0.0992 e. The van der Waals surface area contributed by atoms with E-state index >= 15 is 0 Å². The summed E-state index contributed by atoms with van der Waals surface area (Å²) in [7, 11) is 0. The summed E-state index contributed by atoms with van der Waals surface area (Å²) in [5, 5.41) is 3.62. The van der Waals surface area contributed by atoms with E-state index in [0.29, 0.717) is 12.0 Å². The lowest BCUT2D eigenvalue weighted by atomic mass is 9.88. The predicted molar refractivity (Wildman–Crippen MR) is 78.9 cm³/mol. The topological polar surface area (TPSA) is 21.3 Å². The van der Waals surface area contributed by atoms with Crippen molar-refractivity contribution >= 4 is 34.5 Å². The van der Waals surface area contributed by atoms with Crippen LogP contribution in [0.25, 0.3) is 0 Å². The van der Waals surface area contributed by atoms with Gasteiger partial charge in [-0.05, 0) is 37.8 Å². The van der Waals surface area contributed by atoms with Crippen LogP contribution in [0.4, 0.5) is 0 Å². The van der Waals surface area contributed by atoms with E-state index in [1.54, 1.807) is 0 Å². The molecule has 1 aromatic rings. The maximum atomic E-state index is 6.30. The molecule has 5 heteroatoms. The molecule has 1 atom stereocenters. The summed E-state index contributed by atoms with van der Waals surface area (Å²) in [6.45, 7) is 4.89. The normalized spacial score (nSPS) is 19.1. The second-order valence-electron chi connectivity index (χ2n) is 4.66. The van der Waals surface area contributed by atoms with Crippen molar-refractivity contribution in [1.82, 2.24) is 5.32 Å². The lowest BCUT2D eigenvalue weighted by Gasteiger charge is -2.31. The van der Waals surface area contributed by atoms with Crippen LogP contribution in [-0.2, 0) is 4.74 Å². The number of hydrogen-bond donors (Lipinski definition) is 1. The number of hydrogen-bond acceptors (Lipinski definition) is 3. The number of ether oxygens (including phenoxy) is 1. The van der Waals surface area contributed by atoms with Gasteiger partial charge in [-0.25, -0.2) is 0 Å². The van der Waals surface area contributed by atoms with Gasteiger partial charge in [-0.15, -0.1) is 11.3 Å². The third-order valence-electron chi connectivity index (χ3n) is 3.37. The number of nitrogens with one attached hydrogen (secondary N) is 1. The van der Waals surface area contributed by atoms with Crippen molar-refractivity contribution in [2.45, 2.75) is 32.2 Å². The summed E-state index contributed by atoms with van der Waals surface area (Å²) >= 11 is 13.8. The first-order chi connectivity index (χ1) is 8.72. The Morgan fingerprint density at radius 1 is 1.44 bits per heavy atom. The molecule has 1 saturated heterocycles. The van der Waals surface area contributed by atoms with Gasteiger partial charge in [-0.3, -0.25) is 0 Å². The van der Waals surface area contributed by atoms with E-state index in [2.05, 4.69) is 12.2 Å². The highest BCUT2D eigenvalue weighted by atomic mass is 35.5. The van der Waals surface area contributed by atoms with Crippen LogP contribution in [0.2, 0.25) is 8.67 Å². The SMILES string of the molecule is CCCNC(c1cc(Cl)sc1Cl)C1CCOCC1. The van der Waals surface area contributed by atoms with Gasteiger partial charge in [-0.2, -0.15) is 0 Å². The van der Waals surface area contributed by atoms with Crippen LogP contribution in [0.5, 0.6) is 0 Å². The number of halogens is 2. The lowest BCUT2D eigenvalue weighted by molar-refractivity contribution is 0.0537. The molecule has 1 unspecified atom stereocenters. The van der Waals surface area contributed by atoms with Crippen molar-refractivity contribution in [1.29, 1.82) is 0 Å². The third-order valence-corrected chi connectivity index (χ3v) is 4.89. The minimum absolute atomic E-state index is 0.310. The average molecular weight is 308 g/mol. The van der Waals surface area contributed by atoms with Crippen molar-refractivity contribution in [3.8, 4) is 0 Å². The maximum absolute atomic E-state index is 6.30. The first-order valence-electron chi connectivity index (χ1n) is 6.48. The van der Waals surface area contributed by atoms with Crippen LogP contribution in [0.15, 0.2) is 6.07 Å². The highest BCUT2D eigenvalue weighted by molar-refractivity contribution is 7.20. The van der Waals surface area contributed by atoms with E-state index in [1.807, 2.05) is 6.07 Å². The van der Waals surface area contributed by atoms with Gasteiger partial charge in [0.1, 0.15) is 0 Å². The van der Waals surface area contributed by atoms with E-state index in [1.165, 1.54) is 11.3 Å². The molecule has 1 aromatic heterocycles. The van der Waals surface area contributed by atoms with Gasteiger partial charge in [0, 0.05) is 24.8 Å². The quantitative estimate of drug-likeness (QED) is 0.863. The molecule has 2 nitrogen and oxygen atoms in total. The molecule has 1 aliphatic heterocycles. The molecule has 2 rings (SSSR count). The summed E-state index contributed by atoms with van der Waals surface area (Å²) in [4.78, 5) is 0. The van der Waals surface area contributed by atoms with Gasteiger partial charge < -0.3 is 10.1 Å². The summed E-state index contributed by atoms with van der Waals surface area (Å²) in [6.07, 6.45) is 3.30. The van der Waals surface area contributed by atoms with Crippen molar-refractivity contribution in [3.63, 3.8) is 0 Å². The molecule has 0 bridgehead atoms. The van der Waals surface area contributed by atoms with E-state index in [-0.39, 0.29) is 0 Å². The van der Waals surface area contributed by atoms with Gasteiger partial charge in [0.15, 0.2) is 0 Å². The van der Waals surface area contributed by atoms with E-state index in [0.717, 1.165) is 53.3 Å². The molecule has 18 heavy (non-hydrogen) atoms. The summed E-state index contributed by atoms with van der Waals surface area (Å²) in [6, 6.07) is 2.32. The zero-order valence-corrected chi connectivity index (χ0v) is 12.9. The fourth-order valence-corrected chi connectivity index (χ4v) is 3.99. The molecular weight excluding hydrogens is 289 g/mol. The highest BCUT2D eigenvalue weighted by Crippen LogP contribution is 2.40. The van der Waals surface area contributed by atoms with Crippen molar-refractivity contribution in [2.75, 3.05) is 19.8 Å². The monoisotopic (exact) mass is 307 g/mol. The van der Waals surface area contributed by atoms with Gasteiger partial charge in [-0.1, -0.05) is 30.1 Å². The van der Waals surface area contributed by atoms with E-state index in [9.17, 15) is 0 Å². The van der Waals surface area contributed by atoms with E-state index < -0.39 is 0 Å². The number of rotatable bonds is 5. The van der Waals surface area contributed by atoms with E-state index in [4.69, 9.17) is 27.9 Å². The molecule has 0 amide bonds. The van der Waals surface area contributed by atoms with Crippen LogP contribution < -0.4 is 5.32 Å². The second kappa shape index (κ2) is 7.11. The Bertz CT molecular complexity index is 377. The minimum Gasteiger partial charge on any atom is -0.381 e. The lowest BCUT2D eigenvalue weighted by Crippen LogP contribution is -2.32. The molecule has 0 radical (unpaired) electrons. The molecule has 0 spiro atoms. The molecule has 2 heterocycles. The maximum Gasteiger partial charge on any atom is 0.0992 e. The molecule has 0 saturated carbocycles. The van der Waals surface area contributed by atoms with Gasteiger partial charge in [0.25, 0.3) is 0 Å².